The minimum atomic E-state index is -1.35. The Morgan fingerprint density at radius 3 is 2.75 bits per heavy atom. The monoisotopic (exact) mass is 398 g/mol. The molecule has 130 valence electrons. The minimum Gasteiger partial charge on any atom is -0.486 e. The smallest absolute Gasteiger partial charge is 0.410 e. The Kier molecular flexibility index (Phi) is 5.70. The zero-order chi connectivity index (χ0) is 17.9. The molecule has 0 radical (unpaired) electrons. The minimum absolute atomic E-state index is 0.0853. The Morgan fingerprint density at radius 1 is 1.46 bits per heavy atom. The van der Waals surface area contributed by atoms with Crippen LogP contribution in [0.15, 0.2) is 22.7 Å². The van der Waals surface area contributed by atoms with E-state index in [1.165, 1.54) is 4.90 Å². The van der Waals surface area contributed by atoms with E-state index in [1.807, 2.05) is 6.07 Å². The van der Waals surface area contributed by atoms with Gasteiger partial charge in [-0.3, -0.25) is 0 Å². The first-order chi connectivity index (χ1) is 11.2. The van der Waals surface area contributed by atoms with Crippen LogP contribution in [0.4, 0.5) is 9.18 Å². The number of hydrogen-bond acceptors (Lipinski definition) is 4. The number of amides is 1. The van der Waals surface area contributed by atoms with Crippen molar-refractivity contribution >= 4 is 22.0 Å². The third kappa shape index (κ3) is 4.84. The molecule has 1 aromatic rings. The number of benzene rings is 1. The lowest BCUT2D eigenvalue weighted by atomic mass is 10.1. The predicted octanol–water partition coefficient (Wildman–Crippen LogP) is 4.05. The maximum atomic E-state index is 14.4. The quantitative estimate of drug-likeness (QED) is 0.753. The van der Waals surface area contributed by atoms with Gasteiger partial charge in [0.05, 0.1) is 12.1 Å². The Morgan fingerprint density at radius 2 is 2.17 bits per heavy atom. The summed E-state index contributed by atoms with van der Waals surface area (Å²) in [6.45, 7) is 5.57. The number of piperidine rings is 1. The Balaban J connectivity index is 2.00. The number of nitriles is 1. The van der Waals surface area contributed by atoms with E-state index >= 15 is 0 Å². The molecule has 0 spiro atoms. The molecular weight excluding hydrogens is 379 g/mol. The summed E-state index contributed by atoms with van der Waals surface area (Å²) in [7, 11) is 0. The number of carbonyl (C=O) groups is 1. The van der Waals surface area contributed by atoms with Gasteiger partial charge in [-0.1, -0.05) is 15.9 Å². The van der Waals surface area contributed by atoms with Gasteiger partial charge in [-0.15, -0.1) is 0 Å². The SMILES string of the molecule is CC(C)(C)OC(=O)N1CCC(Oc2ccc(Br)cc2C#N)C(F)C1. The van der Waals surface area contributed by atoms with E-state index in [0.717, 1.165) is 4.47 Å². The van der Waals surface area contributed by atoms with Crippen molar-refractivity contribution in [3.63, 3.8) is 0 Å². The summed E-state index contributed by atoms with van der Waals surface area (Å²) in [6.07, 6.45) is -2.23. The Labute approximate surface area is 149 Å². The summed E-state index contributed by atoms with van der Waals surface area (Å²) in [6, 6.07) is 7.02. The molecule has 2 atom stereocenters. The van der Waals surface area contributed by atoms with Gasteiger partial charge >= 0.3 is 6.09 Å². The maximum Gasteiger partial charge on any atom is 0.410 e. The molecule has 1 aliphatic rings. The average molecular weight is 399 g/mol. The first kappa shape index (κ1) is 18.5. The fourth-order valence-corrected chi connectivity index (χ4v) is 2.72. The van der Waals surface area contributed by atoms with E-state index < -0.39 is 24.0 Å². The van der Waals surface area contributed by atoms with Gasteiger partial charge in [0.1, 0.15) is 23.5 Å². The summed E-state index contributed by atoms with van der Waals surface area (Å²) in [5, 5.41) is 9.15. The molecule has 5 nitrogen and oxygen atoms in total. The van der Waals surface area contributed by atoms with Crippen LogP contribution < -0.4 is 4.74 Å². The number of ether oxygens (including phenoxy) is 2. The van der Waals surface area contributed by atoms with Crippen LogP contribution in [0.25, 0.3) is 0 Å². The van der Waals surface area contributed by atoms with E-state index in [4.69, 9.17) is 14.7 Å². The molecule has 2 unspecified atom stereocenters. The van der Waals surface area contributed by atoms with Crippen molar-refractivity contribution in [2.45, 2.75) is 45.1 Å². The fourth-order valence-electron chi connectivity index (χ4n) is 2.36. The third-order valence-electron chi connectivity index (χ3n) is 3.47. The van der Waals surface area contributed by atoms with Crippen LogP contribution in [0.1, 0.15) is 32.8 Å². The lowest BCUT2D eigenvalue weighted by Gasteiger charge is -2.35. The standard InChI is InChI=1S/C17H20BrFN2O3/c1-17(2,3)24-16(22)21-7-6-15(13(19)10-21)23-14-5-4-12(18)8-11(14)9-20/h4-5,8,13,15H,6-7,10H2,1-3H3. The van der Waals surface area contributed by atoms with E-state index in [9.17, 15) is 9.18 Å². The van der Waals surface area contributed by atoms with Gasteiger partial charge in [0, 0.05) is 17.4 Å². The normalized spacial score (nSPS) is 21.1. The van der Waals surface area contributed by atoms with Crippen LogP contribution in [0.2, 0.25) is 0 Å². The molecule has 1 amide bonds. The van der Waals surface area contributed by atoms with Crippen molar-refractivity contribution in [1.29, 1.82) is 5.26 Å². The fraction of sp³-hybridized carbons (Fsp3) is 0.529. The second-order valence-corrected chi connectivity index (χ2v) is 7.56. The van der Waals surface area contributed by atoms with Crippen LogP contribution in [0.3, 0.4) is 0 Å². The average Bonchev–Trinajstić information content (AvgIpc) is 2.49. The second-order valence-electron chi connectivity index (χ2n) is 6.64. The number of alkyl halides is 1. The van der Waals surface area contributed by atoms with E-state index in [1.54, 1.807) is 39.0 Å². The van der Waals surface area contributed by atoms with Crippen LogP contribution in [-0.2, 0) is 4.74 Å². The molecule has 1 aromatic carbocycles. The van der Waals surface area contributed by atoms with Crippen molar-refractivity contribution in [1.82, 2.24) is 4.90 Å². The van der Waals surface area contributed by atoms with Crippen LogP contribution >= 0.6 is 15.9 Å². The van der Waals surface area contributed by atoms with Crippen LogP contribution in [0, 0.1) is 11.3 Å². The summed E-state index contributed by atoms with van der Waals surface area (Å²) in [5.41, 5.74) is -0.277. The van der Waals surface area contributed by atoms with Crippen molar-refractivity contribution in [3.05, 3.63) is 28.2 Å². The van der Waals surface area contributed by atoms with Gasteiger partial charge < -0.3 is 14.4 Å². The first-order valence-electron chi connectivity index (χ1n) is 7.68. The molecular formula is C17H20BrFN2O3. The number of hydrogen-bond donors (Lipinski definition) is 0. The summed E-state index contributed by atoms with van der Waals surface area (Å²) >= 11 is 3.28. The first-order valence-corrected chi connectivity index (χ1v) is 8.47. The van der Waals surface area contributed by atoms with Crippen molar-refractivity contribution in [2.24, 2.45) is 0 Å². The molecule has 1 saturated heterocycles. The molecule has 0 saturated carbocycles. The molecule has 1 fully saturated rings. The van der Waals surface area contributed by atoms with Crippen molar-refractivity contribution < 1.29 is 18.7 Å². The maximum absolute atomic E-state index is 14.4. The van der Waals surface area contributed by atoms with Crippen molar-refractivity contribution in [3.8, 4) is 11.8 Å². The van der Waals surface area contributed by atoms with Crippen molar-refractivity contribution in [2.75, 3.05) is 13.1 Å². The molecule has 0 aromatic heterocycles. The molecule has 24 heavy (non-hydrogen) atoms. The number of carbonyl (C=O) groups excluding carboxylic acids is 1. The largest absolute Gasteiger partial charge is 0.486 e. The Hall–Kier alpha value is -1.81. The third-order valence-corrected chi connectivity index (χ3v) is 3.97. The summed E-state index contributed by atoms with van der Waals surface area (Å²) in [4.78, 5) is 13.4. The number of likely N-dealkylation sites (tertiary alicyclic amines) is 1. The topological polar surface area (TPSA) is 62.6 Å². The molecule has 1 heterocycles. The highest BCUT2D eigenvalue weighted by Crippen LogP contribution is 2.27. The van der Waals surface area contributed by atoms with Gasteiger partial charge in [0.15, 0.2) is 6.17 Å². The highest BCUT2D eigenvalue weighted by molar-refractivity contribution is 9.10. The number of nitrogens with zero attached hydrogens (tertiary/aromatic N) is 2. The molecule has 0 N–H and O–H groups in total. The van der Waals surface area contributed by atoms with Gasteiger partial charge in [0.2, 0.25) is 0 Å². The summed E-state index contributed by atoms with van der Waals surface area (Å²) < 4.78 is 26.1. The van der Waals surface area contributed by atoms with E-state index in [2.05, 4.69) is 15.9 Å². The van der Waals surface area contributed by atoms with Crippen LogP contribution in [-0.4, -0.2) is 42.0 Å². The molecule has 2 rings (SSSR count). The molecule has 0 aliphatic carbocycles. The van der Waals surface area contributed by atoms with E-state index in [-0.39, 0.29) is 6.54 Å². The van der Waals surface area contributed by atoms with Crippen LogP contribution in [0.5, 0.6) is 5.75 Å². The van der Waals surface area contributed by atoms with Gasteiger partial charge in [-0.2, -0.15) is 5.26 Å². The van der Waals surface area contributed by atoms with Gasteiger partial charge in [-0.05, 0) is 39.0 Å². The zero-order valence-corrected chi connectivity index (χ0v) is 15.5. The van der Waals surface area contributed by atoms with Gasteiger partial charge in [-0.25, -0.2) is 9.18 Å². The number of halogens is 2. The zero-order valence-electron chi connectivity index (χ0n) is 13.9. The molecule has 1 aliphatic heterocycles. The lowest BCUT2D eigenvalue weighted by molar-refractivity contribution is -0.0106. The predicted molar refractivity (Wildman–Crippen MR) is 90.6 cm³/mol. The molecule has 0 bridgehead atoms. The van der Waals surface area contributed by atoms with Gasteiger partial charge in [0.25, 0.3) is 0 Å². The lowest BCUT2D eigenvalue weighted by Crippen LogP contribution is -2.50. The van der Waals surface area contributed by atoms with E-state index in [0.29, 0.717) is 24.3 Å². The highest BCUT2D eigenvalue weighted by atomic mass is 79.9. The second kappa shape index (κ2) is 7.39. The number of rotatable bonds is 2. The Bertz CT molecular complexity index is 654. The molecule has 7 heteroatoms. The highest BCUT2D eigenvalue weighted by Gasteiger charge is 2.35. The summed E-state index contributed by atoms with van der Waals surface area (Å²) in [5.74, 6) is 0.346.